The Balaban J connectivity index is 2.39. The number of rotatable bonds is 3. The first-order valence-corrected chi connectivity index (χ1v) is 6.89. The van der Waals surface area contributed by atoms with E-state index in [2.05, 4.69) is 9.71 Å². The number of aromatic nitrogens is 2. The van der Waals surface area contributed by atoms with Crippen LogP contribution in [0.15, 0.2) is 29.6 Å². The van der Waals surface area contributed by atoms with Crippen LogP contribution in [0.5, 0.6) is 5.75 Å². The van der Waals surface area contributed by atoms with E-state index in [1.54, 1.807) is 19.1 Å². The number of aryl methyl sites for hydroxylation is 2. The molecular weight excluding hydrogens is 268 g/mol. The molecule has 1 aromatic heterocycles. The first-order chi connectivity index (χ1) is 8.81. The number of hydrogen-bond acceptors (Lipinski definition) is 5. The molecule has 1 aromatic carbocycles. The molecule has 4 N–H and O–H groups in total. The van der Waals surface area contributed by atoms with Crippen molar-refractivity contribution in [1.82, 2.24) is 9.55 Å². The van der Waals surface area contributed by atoms with E-state index in [0.717, 1.165) is 0 Å². The molecule has 0 radical (unpaired) electrons. The summed E-state index contributed by atoms with van der Waals surface area (Å²) in [6.07, 6.45) is 1.32. The summed E-state index contributed by atoms with van der Waals surface area (Å²) in [5, 5.41) is 9.44. The van der Waals surface area contributed by atoms with Gasteiger partial charge in [0, 0.05) is 13.1 Å². The van der Waals surface area contributed by atoms with Gasteiger partial charge in [0.2, 0.25) is 0 Å². The first kappa shape index (κ1) is 13.2. The minimum absolute atomic E-state index is 0.0122. The number of benzene rings is 1. The van der Waals surface area contributed by atoms with Gasteiger partial charge in [-0.2, -0.15) is 8.42 Å². The van der Waals surface area contributed by atoms with Crippen LogP contribution in [-0.4, -0.2) is 23.1 Å². The second-order valence-electron chi connectivity index (χ2n) is 4.15. The Labute approximate surface area is 110 Å². The van der Waals surface area contributed by atoms with Crippen LogP contribution < -0.4 is 10.5 Å². The predicted molar refractivity (Wildman–Crippen MR) is 71.3 cm³/mol. The predicted octanol–water partition coefficient (Wildman–Crippen LogP) is 0.817. The number of hydrogen-bond donors (Lipinski definition) is 3. The smallest absolute Gasteiger partial charge is 0.281 e. The molecule has 0 aliphatic carbocycles. The highest BCUT2D eigenvalue weighted by atomic mass is 32.2. The number of nitrogen functional groups attached to an aromatic ring is 1. The fourth-order valence-corrected chi connectivity index (χ4v) is 2.93. The van der Waals surface area contributed by atoms with Crippen molar-refractivity contribution in [2.75, 3.05) is 10.5 Å². The summed E-state index contributed by atoms with van der Waals surface area (Å²) < 4.78 is 28.0. The van der Waals surface area contributed by atoms with Gasteiger partial charge in [0.15, 0.2) is 10.8 Å². The quantitative estimate of drug-likeness (QED) is 0.772. The van der Waals surface area contributed by atoms with Crippen molar-refractivity contribution in [1.29, 1.82) is 0 Å². The Bertz CT molecular complexity index is 702. The fraction of sp³-hybridized carbons (Fsp3) is 0.182. The number of phenols is 1. The largest absolute Gasteiger partial charge is 0.508 e. The number of sulfonamides is 1. The van der Waals surface area contributed by atoms with Gasteiger partial charge < -0.3 is 15.4 Å². The van der Waals surface area contributed by atoms with E-state index in [1.807, 2.05) is 0 Å². The summed E-state index contributed by atoms with van der Waals surface area (Å²) >= 11 is 0. The van der Waals surface area contributed by atoms with Crippen LogP contribution >= 0.6 is 0 Å². The third kappa shape index (κ3) is 2.48. The Hall–Kier alpha value is -2.22. The molecule has 0 aliphatic rings. The van der Waals surface area contributed by atoms with E-state index >= 15 is 0 Å². The summed E-state index contributed by atoms with van der Waals surface area (Å²) in [5.41, 5.74) is 6.44. The lowest BCUT2D eigenvalue weighted by atomic mass is 10.2. The highest BCUT2D eigenvalue weighted by Crippen LogP contribution is 2.24. The van der Waals surface area contributed by atoms with E-state index in [4.69, 9.17) is 5.73 Å². The highest BCUT2D eigenvalue weighted by molar-refractivity contribution is 7.92. The normalized spacial score (nSPS) is 11.5. The first-order valence-electron chi connectivity index (χ1n) is 5.40. The van der Waals surface area contributed by atoms with Crippen LogP contribution in [0.3, 0.4) is 0 Å². The molecule has 0 saturated heterocycles. The molecule has 0 fully saturated rings. The average molecular weight is 282 g/mol. The van der Waals surface area contributed by atoms with Crippen LogP contribution in [-0.2, 0) is 17.1 Å². The molecule has 0 spiro atoms. The zero-order valence-corrected chi connectivity index (χ0v) is 11.3. The van der Waals surface area contributed by atoms with Crippen LogP contribution in [0.25, 0.3) is 0 Å². The zero-order chi connectivity index (χ0) is 14.2. The maximum atomic E-state index is 12.2. The highest BCUT2D eigenvalue weighted by Gasteiger charge is 2.22. The standard InChI is InChI=1S/C11H14N4O3S/c1-7-3-4-8(5-9(7)16)14-19(17,18)11-10(12)13-6-15(11)2/h3-6,14,16H,12H2,1-2H3. The fourth-order valence-electron chi connectivity index (χ4n) is 1.64. The van der Waals surface area contributed by atoms with Crippen LogP contribution in [0.1, 0.15) is 5.56 Å². The molecule has 7 nitrogen and oxygen atoms in total. The number of nitrogens with one attached hydrogen (secondary N) is 1. The maximum absolute atomic E-state index is 12.2. The molecule has 19 heavy (non-hydrogen) atoms. The van der Waals surface area contributed by atoms with Gasteiger partial charge in [-0.25, -0.2) is 4.98 Å². The summed E-state index contributed by atoms with van der Waals surface area (Å²) in [7, 11) is -2.31. The monoisotopic (exact) mass is 282 g/mol. The molecule has 0 aliphatic heterocycles. The minimum Gasteiger partial charge on any atom is -0.508 e. The Kier molecular flexibility index (Phi) is 3.11. The Morgan fingerprint density at radius 1 is 1.42 bits per heavy atom. The van der Waals surface area contributed by atoms with E-state index < -0.39 is 10.0 Å². The van der Waals surface area contributed by atoms with Crippen molar-refractivity contribution in [3.63, 3.8) is 0 Å². The van der Waals surface area contributed by atoms with E-state index in [1.165, 1.54) is 24.0 Å². The van der Waals surface area contributed by atoms with E-state index in [9.17, 15) is 13.5 Å². The molecule has 0 saturated carbocycles. The third-order valence-corrected chi connectivity index (χ3v) is 4.14. The van der Waals surface area contributed by atoms with Crippen molar-refractivity contribution in [3.8, 4) is 5.75 Å². The molecule has 102 valence electrons. The van der Waals surface area contributed by atoms with Crippen molar-refractivity contribution in [2.45, 2.75) is 11.9 Å². The van der Waals surface area contributed by atoms with Gasteiger partial charge in [-0.1, -0.05) is 6.07 Å². The number of imidazole rings is 1. The maximum Gasteiger partial charge on any atom is 0.281 e. The van der Waals surface area contributed by atoms with Crippen molar-refractivity contribution in [3.05, 3.63) is 30.1 Å². The van der Waals surface area contributed by atoms with Gasteiger partial charge in [-0.3, -0.25) is 4.72 Å². The lowest BCUT2D eigenvalue weighted by Crippen LogP contribution is -2.17. The summed E-state index contributed by atoms with van der Waals surface area (Å²) in [6, 6.07) is 4.50. The third-order valence-electron chi connectivity index (χ3n) is 2.63. The molecule has 1 heterocycles. The Morgan fingerprint density at radius 3 is 2.63 bits per heavy atom. The molecule has 0 bridgehead atoms. The van der Waals surface area contributed by atoms with Gasteiger partial charge in [0.05, 0.1) is 12.0 Å². The van der Waals surface area contributed by atoms with Crippen molar-refractivity contribution < 1.29 is 13.5 Å². The van der Waals surface area contributed by atoms with Crippen molar-refractivity contribution in [2.24, 2.45) is 7.05 Å². The van der Waals surface area contributed by atoms with Gasteiger partial charge >= 0.3 is 0 Å². The van der Waals surface area contributed by atoms with Gasteiger partial charge in [-0.05, 0) is 18.6 Å². The Morgan fingerprint density at radius 2 is 2.11 bits per heavy atom. The van der Waals surface area contributed by atoms with Crippen LogP contribution in [0.2, 0.25) is 0 Å². The second kappa shape index (κ2) is 4.47. The number of aromatic hydroxyl groups is 1. The SMILES string of the molecule is Cc1ccc(NS(=O)(=O)c2c(N)ncn2C)cc1O. The number of nitrogens with zero attached hydrogens (tertiary/aromatic N) is 2. The van der Waals surface area contributed by atoms with Crippen LogP contribution in [0, 0.1) is 6.92 Å². The second-order valence-corrected chi connectivity index (χ2v) is 5.75. The van der Waals surface area contributed by atoms with Gasteiger partial charge in [0.25, 0.3) is 10.0 Å². The molecule has 8 heteroatoms. The topological polar surface area (TPSA) is 110 Å². The lowest BCUT2D eigenvalue weighted by molar-refractivity contribution is 0.471. The number of anilines is 2. The van der Waals surface area contributed by atoms with E-state index in [0.29, 0.717) is 5.56 Å². The summed E-state index contributed by atoms with van der Waals surface area (Å²) in [4.78, 5) is 3.73. The van der Waals surface area contributed by atoms with Crippen LogP contribution in [0.4, 0.5) is 11.5 Å². The summed E-state index contributed by atoms with van der Waals surface area (Å²) in [6.45, 7) is 1.71. The number of nitrogens with two attached hydrogens (primary N) is 1. The molecule has 2 rings (SSSR count). The number of phenolic OH excluding ortho intramolecular Hbond substituents is 1. The zero-order valence-electron chi connectivity index (χ0n) is 10.5. The molecular formula is C11H14N4O3S. The lowest BCUT2D eigenvalue weighted by Gasteiger charge is -2.10. The van der Waals surface area contributed by atoms with E-state index in [-0.39, 0.29) is 22.3 Å². The van der Waals surface area contributed by atoms with Gasteiger partial charge in [-0.15, -0.1) is 0 Å². The van der Waals surface area contributed by atoms with Gasteiger partial charge in [0.1, 0.15) is 5.75 Å². The van der Waals surface area contributed by atoms with Crippen molar-refractivity contribution >= 4 is 21.5 Å². The molecule has 0 amide bonds. The summed E-state index contributed by atoms with van der Waals surface area (Å²) in [5.74, 6) is -0.0653. The molecule has 2 aromatic rings. The average Bonchev–Trinajstić information content (AvgIpc) is 2.64. The minimum atomic E-state index is -3.85. The molecule has 0 atom stereocenters. The molecule has 0 unspecified atom stereocenters.